The molecule has 1 atom stereocenters. The smallest absolute Gasteiger partial charge is 0.329 e. The van der Waals surface area contributed by atoms with Crippen molar-refractivity contribution < 1.29 is 14.7 Å². The third-order valence-electron chi connectivity index (χ3n) is 3.68. The van der Waals surface area contributed by atoms with Crippen LogP contribution in [0.2, 0.25) is 0 Å². The predicted octanol–water partition coefficient (Wildman–Crippen LogP) is 2.85. The molecule has 1 unspecified atom stereocenters. The van der Waals surface area contributed by atoms with Crippen molar-refractivity contribution in [1.29, 1.82) is 0 Å². The molecule has 2 aromatic rings. The Bertz CT molecular complexity index is 676. The van der Waals surface area contributed by atoms with Gasteiger partial charge in [-0.1, -0.05) is 6.07 Å². The number of nitrogens with zero attached hydrogens (tertiary/aromatic N) is 1. The molecule has 2 aromatic heterocycles. The van der Waals surface area contributed by atoms with E-state index in [4.69, 9.17) is 0 Å². The summed E-state index contributed by atoms with van der Waals surface area (Å²) in [5, 5.41) is 16.4. The molecule has 2 N–H and O–H groups in total. The molecule has 0 bridgehead atoms. The van der Waals surface area contributed by atoms with Gasteiger partial charge in [0.05, 0.1) is 4.88 Å². The van der Waals surface area contributed by atoms with Gasteiger partial charge in [-0.2, -0.15) is 0 Å². The summed E-state index contributed by atoms with van der Waals surface area (Å²) in [5.41, 5.74) is -0.930. The number of aromatic nitrogens is 1. The highest BCUT2D eigenvalue weighted by Gasteiger charge is 2.48. The first-order valence-corrected chi connectivity index (χ1v) is 8.32. The van der Waals surface area contributed by atoms with Crippen molar-refractivity contribution in [3.8, 4) is 9.88 Å². The van der Waals surface area contributed by atoms with E-state index < -0.39 is 17.4 Å². The molecular formula is C14H14N2O3S2. The van der Waals surface area contributed by atoms with Gasteiger partial charge in [-0.3, -0.25) is 4.79 Å². The fourth-order valence-corrected chi connectivity index (χ4v) is 3.80. The topological polar surface area (TPSA) is 79.3 Å². The number of thiophene rings is 1. The fourth-order valence-electron chi connectivity index (χ4n) is 2.18. The summed E-state index contributed by atoms with van der Waals surface area (Å²) < 4.78 is 0. The first-order valence-electron chi connectivity index (χ1n) is 6.56. The summed E-state index contributed by atoms with van der Waals surface area (Å²) in [7, 11) is 0. The average molecular weight is 322 g/mol. The molecule has 0 aromatic carbocycles. The summed E-state index contributed by atoms with van der Waals surface area (Å²) >= 11 is 2.94. The molecule has 3 rings (SSSR count). The van der Waals surface area contributed by atoms with Gasteiger partial charge in [0.1, 0.15) is 16.2 Å². The van der Waals surface area contributed by atoms with E-state index in [-0.39, 0.29) is 11.6 Å². The number of hydrogen-bond donors (Lipinski definition) is 2. The molecule has 0 saturated heterocycles. The van der Waals surface area contributed by atoms with Crippen LogP contribution in [0.15, 0.2) is 22.9 Å². The molecule has 7 heteroatoms. The molecule has 0 aliphatic heterocycles. The normalized spacial score (nSPS) is 17.2. The van der Waals surface area contributed by atoms with Crippen molar-refractivity contribution in [2.24, 2.45) is 5.92 Å². The minimum atomic E-state index is -1.20. The molecule has 5 nitrogen and oxygen atoms in total. The van der Waals surface area contributed by atoms with Crippen molar-refractivity contribution in [3.05, 3.63) is 28.6 Å². The number of amides is 1. The summed E-state index contributed by atoms with van der Waals surface area (Å²) in [6, 6.07) is 3.87. The van der Waals surface area contributed by atoms with Crippen molar-refractivity contribution in [3.63, 3.8) is 0 Å². The van der Waals surface area contributed by atoms with E-state index in [0.29, 0.717) is 0 Å². The second-order valence-electron chi connectivity index (χ2n) is 5.25. The lowest BCUT2D eigenvalue weighted by Gasteiger charge is -2.25. The van der Waals surface area contributed by atoms with Crippen molar-refractivity contribution in [2.75, 3.05) is 0 Å². The van der Waals surface area contributed by atoms with E-state index in [1.54, 1.807) is 23.6 Å². The number of aliphatic carboxylic acids is 1. The molecule has 1 saturated carbocycles. The van der Waals surface area contributed by atoms with Crippen LogP contribution in [0.25, 0.3) is 9.88 Å². The molecule has 1 aliphatic rings. The molecule has 0 radical (unpaired) electrons. The van der Waals surface area contributed by atoms with E-state index in [2.05, 4.69) is 10.3 Å². The lowest BCUT2D eigenvalue weighted by Crippen LogP contribution is -2.54. The number of carboxylic acids is 1. The fraction of sp³-hybridized carbons (Fsp3) is 0.357. The number of rotatable bonds is 5. The Morgan fingerprint density at radius 1 is 1.43 bits per heavy atom. The maximum atomic E-state index is 12.3. The highest BCUT2D eigenvalue weighted by molar-refractivity contribution is 7.20. The number of carbonyl (C=O) groups excluding carboxylic acids is 1. The Kier molecular flexibility index (Phi) is 3.54. The zero-order valence-electron chi connectivity index (χ0n) is 11.3. The maximum absolute atomic E-state index is 12.3. The van der Waals surface area contributed by atoms with Gasteiger partial charge in [0.2, 0.25) is 0 Å². The molecule has 21 heavy (non-hydrogen) atoms. The lowest BCUT2D eigenvalue weighted by molar-refractivity contribution is -0.144. The van der Waals surface area contributed by atoms with E-state index in [9.17, 15) is 14.7 Å². The van der Waals surface area contributed by atoms with Crippen LogP contribution in [0.5, 0.6) is 0 Å². The number of carboxylic acid groups (broad SMARTS) is 1. The summed E-state index contributed by atoms with van der Waals surface area (Å²) in [6.07, 6.45) is 1.67. The van der Waals surface area contributed by atoms with Crippen LogP contribution in [0.3, 0.4) is 0 Å². The molecule has 1 fully saturated rings. The second kappa shape index (κ2) is 5.23. The van der Waals surface area contributed by atoms with Crippen LogP contribution in [0.1, 0.15) is 30.3 Å². The third kappa shape index (κ3) is 2.71. The highest BCUT2D eigenvalue weighted by atomic mass is 32.1. The summed E-state index contributed by atoms with van der Waals surface area (Å²) in [5.74, 6) is -1.41. The number of hydrogen-bond acceptors (Lipinski definition) is 5. The number of nitrogens with one attached hydrogen (secondary N) is 1. The highest BCUT2D eigenvalue weighted by Crippen LogP contribution is 2.40. The lowest BCUT2D eigenvalue weighted by atomic mass is 9.96. The van der Waals surface area contributed by atoms with E-state index >= 15 is 0 Å². The second-order valence-corrected chi connectivity index (χ2v) is 7.06. The minimum Gasteiger partial charge on any atom is -0.480 e. The minimum absolute atomic E-state index is 0.00866. The maximum Gasteiger partial charge on any atom is 0.329 e. The molecule has 1 amide bonds. The number of thiazole rings is 1. The van der Waals surface area contributed by atoms with E-state index in [1.807, 2.05) is 17.5 Å². The standard InChI is InChI=1S/C14H14N2O3S2/c1-14(13(18)19,8-4-5-8)16-11(17)9-7-21-12(15-9)10-3-2-6-20-10/h2-3,6-8H,4-5H2,1H3,(H,16,17)(H,18,19). The van der Waals surface area contributed by atoms with Gasteiger partial charge < -0.3 is 10.4 Å². The Balaban J connectivity index is 1.78. The quantitative estimate of drug-likeness (QED) is 0.887. The van der Waals surface area contributed by atoms with Crippen LogP contribution in [-0.4, -0.2) is 27.5 Å². The van der Waals surface area contributed by atoms with Gasteiger partial charge in [0.15, 0.2) is 0 Å². The Morgan fingerprint density at radius 2 is 2.19 bits per heavy atom. The Labute approximate surface area is 129 Å². The van der Waals surface area contributed by atoms with Crippen LogP contribution in [0.4, 0.5) is 0 Å². The molecule has 0 spiro atoms. The zero-order chi connectivity index (χ0) is 15.0. The van der Waals surface area contributed by atoms with E-state index in [1.165, 1.54) is 11.3 Å². The van der Waals surface area contributed by atoms with Crippen LogP contribution in [0, 0.1) is 5.92 Å². The Morgan fingerprint density at radius 3 is 2.76 bits per heavy atom. The van der Waals surface area contributed by atoms with Gasteiger partial charge in [-0.05, 0) is 37.1 Å². The van der Waals surface area contributed by atoms with Crippen LogP contribution >= 0.6 is 22.7 Å². The van der Waals surface area contributed by atoms with Crippen molar-refractivity contribution >= 4 is 34.6 Å². The summed E-state index contributed by atoms with van der Waals surface area (Å²) in [4.78, 5) is 29.0. The number of carbonyl (C=O) groups is 2. The van der Waals surface area contributed by atoms with Crippen LogP contribution < -0.4 is 5.32 Å². The Hall–Kier alpha value is -1.73. The van der Waals surface area contributed by atoms with E-state index in [0.717, 1.165) is 22.7 Å². The molecular weight excluding hydrogens is 308 g/mol. The molecule has 2 heterocycles. The third-order valence-corrected chi connectivity index (χ3v) is 5.56. The van der Waals surface area contributed by atoms with Gasteiger partial charge in [-0.25, -0.2) is 9.78 Å². The van der Waals surface area contributed by atoms with Gasteiger partial charge >= 0.3 is 5.97 Å². The SMILES string of the molecule is CC(NC(=O)c1csc(-c2cccs2)n1)(C(=O)O)C1CC1. The van der Waals surface area contributed by atoms with Crippen molar-refractivity contribution in [1.82, 2.24) is 10.3 Å². The first-order chi connectivity index (χ1) is 10.0. The predicted molar refractivity (Wildman–Crippen MR) is 81.7 cm³/mol. The monoisotopic (exact) mass is 322 g/mol. The average Bonchev–Trinajstić information content (AvgIpc) is 2.97. The molecule has 1 aliphatic carbocycles. The first kappa shape index (κ1) is 14.2. The largest absolute Gasteiger partial charge is 0.480 e. The van der Waals surface area contributed by atoms with Crippen molar-refractivity contribution in [2.45, 2.75) is 25.3 Å². The van der Waals surface area contributed by atoms with Crippen LogP contribution in [-0.2, 0) is 4.79 Å². The zero-order valence-corrected chi connectivity index (χ0v) is 13.0. The van der Waals surface area contributed by atoms with Gasteiger partial charge in [-0.15, -0.1) is 22.7 Å². The summed E-state index contributed by atoms with van der Waals surface area (Å²) in [6.45, 7) is 1.57. The van der Waals surface area contributed by atoms with Gasteiger partial charge in [0.25, 0.3) is 5.91 Å². The van der Waals surface area contributed by atoms with Gasteiger partial charge in [0, 0.05) is 5.38 Å². The molecule has 110 valence electrons.